The molecular weight excluding hydrogens is 500 g/mol. The summed E-state index contributed by atoms with van der Waals surface area (Å²) in [6, 6.07) is 14.1. The van der Waals surface area contributed by atoms with E-state index in [0.29, 0.717) is 42.5 Å². The second-order valence-electron chi connectivity index (χ2n) is 9.21. The number of nitro groups is 1. The quantitative estimate of drug-likeness (QED) is 0.329. The molecule has 186 valence electrons. The van der Waals surface area contributed by atoms with Crippen LogP contribution in [0.3, 0.4) is 0 Å². The van der Waals surface area contributed by atoms with Crippen LogP contribution >= 0.6 is 22.9 Å². The third-order valence-corrected chi connectivity index (χ3v) is 8.31. The van der Waals surface area contributed by atoms with E-state index in [1.54, 1.807) is 29.2 Å². The van der Waals surface area contributed by atoms with E-state index >= 15 is 0 Å². The fraction of sp³-hybridized carbons (Fsp3) is 0.346. The molecule has 2 aliphatic rings. The maximum absolute atomic E-state index is 13.2. The molecule has 0 N–H and O–H groups in total. The molecule has 1 unspecified atom stereocenters. The first-order valence-corrected chi connectivity index (χ1v) is 13.2. The number of halogens is 1. The normalized spacial score (nSPS) is 18.6. The molecule has 0 bridgehead atoms. The summed E-state index contributed by atoms with van der Waals surface area (Å²) in [5.74, 6) is -0.115. The molecule has 3 heterocycles. The van der Waals surface area contributed by atoms with Gasteiger partial charge in [0.1, 0.15) is 0 Å². The molecule has 0 aliphatic carbocycles. The van der Waals surface area contributed by atoms with Crippen molar-refractivity contribution in [2.24, 2.45) is 5.92 Å². The van der Waals surface area contributed by atoms with E-state index in [2.05, 4.69) is 0 Å². The number of amides is 2. The minimum atomic E-state index is -0.387. The van der Waals surface area contributed by atoms with Crippen molar-refractivity contribution in [3.63, 3.8) is 0 Å². The van der Waals surface area contributed by atoms with Gasteiger partial charge in [-0.1, -0.05) is 41.9 Å². The highest BCUT2D eigenvalue weighted by Gasteiger charge is 2.38. The number of carbonyl (C=O) groups excluding carboxylic acids is 2. The van der Waals surface area contributed by atoms with Crippen molar-refractivity contribution in [3.8, 4) is 11.3 Å². The van der Waals surface area contributed by atoms with Crippen molar-refractivity contribution < 1.29 is 14.5 Å². The number of aromatic nitrogens is 1. The van der Waals surface area contributed by atoms with Crippen LogP contribution in [-0.2, 0) is 16.1 Å². The molecule has 8 nitrogen and oxygen atoms in total. The fourth-order valence-corrected chi connectivity index (χ4v) is 6.16. The Kier molecular flexibility index (Phi) is 7.02. The summed E-state index contributed by atoms with van der Waals surface area (Å²) in [6.45, 7) is 2.04. The predicted molar refractivity (Wildman–Crippen MR) is 138 cm³/mol. The van der Waals surface area contributed by atoms with Crippen molar-refractivity contribution in [2.45, 2.75) is 31.7 Å². The molecule has 5 rings (SSSR count). The number of carbonyl (C=O) groups is 2. The van der Waals surface area contributed by atoms with Crippen LogP contribution in [0, 0.1) is 16.0 Å². The number of piperidine rings is 1. The Hall–Kier alpha value is -3.30. The lowest BCUT2D eigenvalue weighted by molar-refractivity contribution is -0.384. The highest BCUT2D eigenvalue weighted by atomic mass is 35.5. The van der Waals surface area contributed by atoms with E-state index in [0.717, 1.165) is 23.4 Å². The monoisotopic (exact) mass is 524 g/mol. The number of benzene rings is 2. The summed E-state index contributed by atoms with van der Waals surface area (Å²) in [5.41, 5.74) is 2.06. The standard InChI is InChI=1S/C26H25ClN4O4S/c27-21-7-3-1-5-18(21)14-30-15-19(13-24(30)32)26(33)29-11-9-17(10-12-29)25-28-22(16-36-25)20-6-2-4-8-23(20)31(34)35/h1-8,16-17,19H,9-15H2. The molecule has 36 heavy (non-hydrogen) atoms. The molecule has 1 atom stereocenters. The van der Waals surface area contributed by atoms with Crippen molar-refractivity contribution in [3.05, 3.63) is 79.6 Å². The van der Waals surface area contributed by atoms with E-state index in [1.165, 1.54) is 17.4 Å². The van der Waals surface area contributed by atoms with Gasteiger partial charge in [0.2, 0.25) is 11.8 Å². The maximum Gasteiger partial charge on any atom is 0.278 e. The van der Waals surface area contributed by atoms with Gasteiger partial charge in [-0.25, -0.2) is 4.98 Å². The number of nitrogens with zero attached hydrogens (tertiary/aromatic N) is 4. The number of para-hydroxylation sites is 1. The summed E-state index contributed by atoms with van der Waals surface area (Å²) >= 11 is 7.76. The lowest BCUT2D eigenvalue weighted by atomic mass is 9.96. The summed E-state index contributed by atoms with van der Waals surface area (Å²) in [7, 11) is 0. The average molecular weight is 525 g/mol. The van der Waals surface area contributed by atoms with Gasteiger partial charge in [-0.3, -0.25) is 19.7 Å². The molecule has 0 saturated carbocycles. The van der Waals surface area contributed by atoms with Gasteiger partial charge in [0.05, 0.1) is 27.1 Å². The number of nitro benzene ring substituents is 1. The second kappa shape index (κ2) is 10.4. The van der Waals surface area contributed by atoms with Gasteiger partial charge in [-0.2, -0.15) is 0 Å². The van der Waals surface area contributed by atoms with E-state index < -0.39 is 0 Å². The van der Waals surface area contributed by atoms with Crippen LogP contribution in [0.1, 0.15) is 35.8 Å². The first-order chi connectivity index (χ1) is 17.4. The van der Waals surface area contributed by atoms with Crippen LogP contribution in [0.2, 0.25) is 5.02 Å². The molecule has 2 aromatic carbocycles. The van der Waals surface area contributed by atoms with Crippen molar-refractivity contribution in [1.82, 2.24) is 14.8 Å². The van der Waals surface area contributed by atoms with E-state index in [9.17, 15) is 19.7 Å². The number of hydrogen-bond acceptors (Lipinski definition) is 6. The van der Waals surface area contributed by atoms with Gasteiger partial charge >= 0.3 is 0 Å². The van der Waals surface area contributed by atoms with Crippen molar-refractivity contribution in [2.75, 3.05) is 19.6 Å². The molecule has 2 fully saturated rings. The van der Waals surface area contributed by atoms with Crippen LogP contribution in [-0.4, -0.2) is 51.2 Å². The molecule has 0 radical (unpaired) electrons. The van der Waals surface area contributed by atoms with Crippen LogP contribution in [0.15, 0.2) is 53.9 Å². The minimum Gasteiger partial charge on any atom is -0.342 e. The average Bonchev–Trinajstić information content (AvgIpc) is 3.52. The highest BCUT2D eigenvalue weighted by molar-refractivity contribution is 7.10. The molecule has 0 spiro atoms. The van der Waals surface area contributed by atoms with Crippen LogP contribution in [0.5, 0.6) is 0 Å². The van der Waals surface area contributed by atoms with E-state index in [1.807, 2.05) is 28.5 Å². The number of hydrogen-bond donors (Lipinski definition) is 0. The van der Waals surface area contributed by atoms with E-state index in [-0.39, 0.29) is 40.7 Å². The summed E-state index contributed by atoms with van der Waals surface area (Å²) in [4.78, 5) is 45.0. The zero-order valence-electron chi connectivity index (χ0n) is 19.5. The molecule has 3 aromatic rings. The van der Waals surface area contributed by atoms with Crippen LogP contribution < -0.4 is 0 Å². The Morgan fingerprint density at radius 3 is 2.61 bits per heavy atom. The maximum atomic E-state index is 13.2. The largest absolute Gasteiger partial charge is 0.342 e. The predicted octanol–water partition coefficient (Wildman–Crippen LogP) is 5.13. The summed E-state index contributed by atoms with van der Waals surface area (Å²) < 4.78 is 0. The number of thiazole rings is 1. The molecule has 2 amide bonds. The third kappa shape index (κ3) is 4.99. The Labute approximate surface area is 217 Å². The lowest BCUT2D eigenvalue weighted by Crippen LogP contribution is -2.42. The van der Waals surface area contributed by atoms with Gasteiger partial charge in [0.25, 0.3) is 5.69 Å². The molecule has 10 heteroatoms. The Morgan fingerprint density at radius 1 is 1.14 bits per heavy atom. The highest BCUT2D eigenvalue weighted by Crippen LogP contribution is 2.36. The Morgan fingerprint density at radius 2 is 1.86 bits per heavy atom. The minimum absolute atomic E-state index is 0.0199. The fourth-order valence-electron chi connectivity index (χ4n) is 4.98. The molecular formula is C26H25ClN4O4S. The van der Waals surface area contributed by atoms with Crippen LogP contribution in [0.4, 0.5) is 5.69 Å². The SMILES string of the molecule is O=C1CC(C(=O)N2CCC(c3nc(-c4ccccc4[N+](=O)[O-])cs3)CC2)CN1Cc1ccccc1Cl. The van der Waals surface area contributed by atoms with Gasteiger partial charge in [-0.15, -0.1) is 11.3 Å². The molecule has 2 aliphatic heterocycles. The van der Waals surface area contributed by atoms with E-state index in [4.69, 9.17) is 16.6 Å². The zero-order chi connectivity index (χ0) is 25.2. The van der Waals surface area contributed by atoms with Crippen molar-refractivity contribution >= 4 is 40.4 Å². The Balaban J connectivity index is 1.18. The Bertz CT molecular complexity index is 1300. The number of likely N-dealkylation sites (tertiary alicyclic amines) is 2. The van der Waals surface area contributed by atoms with Gasteiger partial charge in [-0.05, 0) is 30.5 Å². The van der Waals surface area contributed by atoms with Gasteiger partial charge < -0.3 is 9.80 Å². The van der Waals surface area contributed by atoms with Gasteiger partial charge in [0.15, 0.2) is 0 Å². The second-order valence-corrected chi connectivity index (χ2v) is 10.5. The van der Waals surface area contributed by atoms with Gasteiger partial charge in [0, 0.05) is 55.0 Å². The smallest absolute Gasteiger partial charge is 0.278 e. The van der Waals surface area contributed by atoms with Crippen molar-refractivity contribution in [1.29, 1.82) is 0 Å². The molecule has 2 saturated heterocycles. The van der Waals surface area contributed by atoms with Crippen LogP contribution in [0.25, 0.3) is 11.3 Å². The zero-order valence-corrected chi connectivity index (χ0v) is 21.1. The lowest BCUT2D eigenvalue weighted by Gasteiger charge is -2.32. The third-order valence-electron chi connectivity index (χ3n) is 6.94. The first kappa shape index (κ1) is 24.4. The first-order valence-electron chi connectivity index (χ1n) is 11.9. The molecule has 1 aromatic heterocycles. The number of rotatable bonds is 6. The summed E-state index contributed by atoms with van der Waals surface area (Å²) in [5, 5.41) is 14.8. The topological polar surface area (TPSA) is 96.6 Å². The summed E-state index contributed by atoms with van der Waals surface area (Å²) in [6.07, 6.45) is 1.79.